The normalized spacial score (nSPS) is 13.8. The fourth-order valence-corrected chi connectivity index (χ4v) is 6.12. The number of aliphatic carboxylic acids is 1. The summed E-state index contributed by atoms with van der Waals surface area (Å²) in [6.45, 7) is 4.30. The summed E-state index contributed by atoms with van der Waals surface area (Å²) < 4.78 is 32.5. The van der Waals surface area contributed by atoms with E-state index in [0.717, 1.165) is 44.9 Å². The van der Waals surface area contributed by atoms with Crippen molar-refractivity contribution in [1.29, 1.82) is 0 Å². The van der Waals surface area contributed by atoms with Crippen LogP contribution in [-0.2, 0) is 37.5 Å². The van der Waals surface area contributed by atoms with Gasteiger partial charge in [-0.2, -0.15) is 0 Å². The number of carbonyl (C=O) groups excluding carboxylic acids is 2. The zero-order valence-corrected chi connectivity index (χ0v) is 31.5. The molecule has 0 aliphatic heterocycles. The average molecular weight is 720 g/mol. The van der Waals surface area contributed by atoms with Gasteiger partial charge in [-0.3, -0.25) is 23.4 Å². The highest BCUT2D eigenvalue weighted by molar-refractivity contribution is 7.47. The van der Waals surface area contributed by atoms with Gasteiger partial charge in [0, 0.05) is 12.8 Å². The second kappa shape index (κ2) is 33.4. The number of rotatable bonds is 37. The maximum absolute atomic E-state index is 12.6. The Bertz CT molecular complexity index is 887. The Labute approximate surface area is 297 Å². The Morgan fingerprint density at radius 3 is 1.51 bits per heavy atom. The molecule has 0 aromatic carbocycles. The molecule has 0 radical (unpaired) electrons. The van der Waals surface area contributed by atoms with Crippen molar-refractivity contribution in [1.82, 2.24) is 0 Å². The number of ether oxygens (including phenoxy) is 2. The van der Waals surface area contributed by atoms with Crippen molar-refractivity contribution in [3.05, 3.63) is 12.7 Å². The summed E-state index contributed by atoms with van der Waals surface area (Å²) in [5.74, 6) is -2.38. The number of hydrogen-bond acceptors (Lipinski definition) is 9. The van der Waals surface area contributed by atoms with Crippen LogP contribution >= 0.6 is 7.82 Å². The molecule has 0 heterocycles. The number of unbranched alkanes of at least 4 members (excludes halogenated alkanes) is 22. The largest absolute Gasteiger partial charge is 0.480 e. The number of nitrogens with two attached hydrogens (primary N) is 1. The summed E-state index contributed by atoms with van der Waals surface area (Å²) in [7, 11) is -4.70. The van der Waals surface area contributed by atoms with Gasteiger partial charge in [0.15, 0.2) is 6.10 Å². The van der Waals surface area contributed by atoms with Gasteiger partial charge in [-0.05, 0) is 25.7 Å². The van der Waals surface area contributed by atoms with Crippen molar-refractivity contribution in [3.8, 4) is 0 Å². The number of phosphoric ester groups is 1. The summed E-state index contributed by atoms with van der Waals surface area (Å²) >= 11 is 0. The molecule has 0 aliphatic carbocycles. The van der Waals surface area contributed by atoms with E-state index in [-0.39, 0.29) is 19.4 Å². The number of esters is 2. The molecule has 0 aliphatic rings. The van der Waals surface area contributed by atoms with Crippen molar-refractivity contribution in [2.75, 3.05) is 19.8 Å². The predicted octanol–water partition coefficient (Wildman–Crippen LogP) is 9.34. The Morgan fingerprint density at radius 1 is 0.653 bits per heavy atom. The molecule has 3 atom stereocenters. The first-order chi connectivity index (χ1) is 23.6. The molecule has 0 aromatic heterocycles. The zero-order valence-electron chi connectivity index (χ0n) is 30.6. The fourth-order valence-electron chi connectivity index (χ4n) is 5.34. The molecule has 1 unspecified atom stereocenters. The summed E-state index contributed by atoms with van der Waals surface area (Å²) in [6, 6.07) is -1.52. The smallest absolute Gasteiger partial charge is 0.472 e. The first kappa shape index (κ1) is 47.2. The summed E-state index contributed by atoms with van der Waals surface area (Å²) in [5, 5.41) is 8.85. The Kier molecular flexibility index (Phi) is 32.2. The molecule has 0 amide bonds. The first-order valence-corrected chi connectivity index (χ1v) is 20.7. The van der Waals surface area contributed by atoms with Crippen LogP contribution in [0.25, 0.3) is 0 Å². The molecular formula is C37H70NO10P. The van der Waals surface area contributed by atoms with E-state index in [1.54, 1.807) is 0 Å². The minimum atomic E-state index is -4.70. The lowest BCUT2D eigenvalue weighted by Crippen LogP contribution is -2.34. The van der Waals surface area contributed by atoms with E-state index in [9.17, 15) is 23.8 Å². The van der Waals surface area contributed by atoms with Gasteiger partial charge in [-0.25, -0.2) is 4.57 Å². The Hall–Kier alpha value is -1.78. The van der Waals surface area contributed by atoms with Crippen LogP contribution in [0, 0.1) is 0 Å². The van der Waals surface area contributed by atoms with Gasteiger partial charge in [-0.15, -0.1) is 6.58 Å². The van der Waals surface area contributed by atoms with Gasteiger partial charge in [0.25, 0.3) is 0 Å². The fraction of sp³-hybridized carbons (Fsp3) is 0.865. The minimum Gasteiger partial charge on any atom is -0.480 e. The van der Waals surface area contributed by atoms with Crippen LogP contribution in [0.1, 0.15) is 174 Å². The highest BCUT2D eigenvalue weighted by Crippen LogP contribution is 2.43. The zero-order chi connectivity index (χ0) is 36.4. The van der Waals surface area contributed by atoms with Gasteiger partial charge >= 0.3 is 25.7 Å². The van der Waals surface area contributed by atoms with Crippen molar-refractivity contribution < 1.29 is 47.5 Å². The molecule has 0 rings (SSSR count). The van der Waals surface area contributed by atoms with Crippen LogP contribution in [0.3, 0.4) is 0 Å². The van der Waals surface area contributed by atoms with E-state index < -0.39 is 51.1 Å². The lowest BCUT2D eigenvalue weighted by atomic mass is 10.0. The standard InChI is InChI=1S/C37H70NO10P/c1-3-5-7-9-11-13-15-16-17-18-19-21-23-25-27-29-36(40)48-33(31-46-49(43,44)47-32-34(38)37(41)42)30-45-35(39)28-26-24-22-20-14-12-10-8-6-4-2/h3,33-34H,1,4-32,38H2,2H3,(H,41,42)(H,43,44)/t33-,34+/m1/s1. The third kappa shape index (κ3) is 33.1. The lowest BCUT2D eigenvalue weighted by molar-refractivity contribution is -0.161. The third-order valence-corrected chi connectivity index (χ3v) is 9.36. The molecule has 288 valence electrons. The van der Waals surface area contributed by atoms with Crippen LogP contribution in [0.15, 0.2) is 12.7 Å². The van der Waals surface area contributed by atoms with Crippen molar-refractivity contribution >= 4 is 25.7 Å². The highest BCUT2D eigenvalue weighted by atomic mass is 31.2. The summed E-state index contributed by atoms with van der Waals surface area (Å²) in [4.78, 5) is 45.7. The Balaban J connectivity index is 4.38. The van der Waals surface area contributed by atoms with Crippen molar-refractivity contribution in [3.63, 3.8) is 0 Å². The van der Waals surface area contributed by atoms with Gasteiger partial charge in [0.1, 0.15) is 12.6 Å². The Morgan fingerprint density at radius 2 is 1.06 bits per heavy atom. The number of allylic oxidation sites excluding steroid dienone is 1. The molecule has 0 saturated carbocycles. The summed E-state index contributed by atoms with van der Waals surface area (Å²) in [5.41, 5.74) is 5.31. The number of carboxylic acid groups (broad SMARTS) is 1. The molecule has 12 heteroatoms. The monoisotopic (exact) mass is 719 g/mol. The molecule has 49 heavy (non-hydrogen) atoms. The molecule has 11 nitrogen and oxygen atoms in total. The molecule has 0 fully saturated rings. The number of phosphoric acid groups is 1. The van der Waals surface area contributed by atoms with Crippen LogP contribution in [-0.4, -0.2) is 59.9 Å². The topological polar surface area (TPSA) is 172 Å². The SMILES string of the molecule is C=CCCCCCCCCCCCCCCCC(=O)O[C@H](COC(=O)CCCCCCCCCCCC)COP(=O)(O)OC[C@H](N)C(=O)O. The van der Waals surface area contributed by atoms with E-state index in [4.69, 9.17) is 24.8 Å². The highest BCUT2D eigenvalue weighted by Gasteiger charge is 2.28. The number of carbonyl (C=O) groups is 3. The van der Waals surface area contributed by atoms with Crippen LogP contribution in [0.2, 0.25) is 0 Å². The first-order valence-electron chi connectivity index (χ1n) is 19.2. The minimum absolute atomic E-state index is 0.163. The van der Waals surface area contributed by atoms with E-state index in [1.807, 2.05) is 6.08 Å². The average Bonchev–Trinajstić information content (AvgIpc) is 3.07. The van der Waals surface area contributed by atoms with E-state index in [1.165, 1.54) is 96.3 Å². The maximum atomic E-state index is 12.6. The molecule has 0 spiro atoms. The van der Waals surface area contributed by atoms with E-state index >= 15 is 0 Å². The maximum Gasteiger partial charge on any atom is 0.472 e. The molecular weight excluding hydrogens is 649 g/mol. The molecule has 0 bridgehead atoms. The lowest BCUT2D eigenvalue weighted by Gasteiger charge is -2.20. The van der Waals surface area contributed by atoms with Crippen LogP contribution < -0.4 is 5.73 Å². The molecule has 4 N–H and O–H groups in total. The molecule has 0 saturated heterocycles. The number of carboxylic acids is 1. The second-order valence-corrected chi connectivity index (χ2v) is 14.6. The number of hydrogen-bond donors (Lipinski definition) is 3. The van der Waals surface area contributed by atoms with Gasteiger partial charge < -0.3 is 25.2 Å². The van der Waals surface area contributed by atoms with Crippen LogP contribution in [0.5, 0.6) is 0 Å². The van der Waals surface area contributed by atoms with E-state index in [0.29, 0.717) is 12.8 Å². The summed E-state index contributed by atoms with van der Waals surface area (Å²) in [6.07, 6.45) is 28.9. The van der Waals surface area contributed by atoms with Gasteiger partial charge in [0.05, 0.1) is 13.2 Å². The van der Waals surface area contributed by atoms with Crippen molar-refractivity contribution in [2.45, 2.75) is 186 Å². The third-order valence-electron chi connectivity index (χ3n) is 8.41. The van der Waals surface area contributed by atoms with Crippen molar-refractivity contribution in [2.24, 2.45) is 5.73 Å². The van der Waals surface area contributed by atoms with Gasteiger partial charge in [-0.1, -0.05) is 141 Å². The van der Waals surface area contributed by atoms with Crippen LogP contribution in [0.4, 0.5) is 0 Å². The molecule has 0 aromatic rings. The van der Waals surface area contributed by atoms with Gasteiger partial charge in [0.2, 0.25) is 0 Å². The van der Waals surface area contributed by atoms with E-state index in [2.05, 4.69) is 18.0 Å². The second-order valence-electron chi connectivity index (χ2n) is 13.2. The predicted molar refractivity (Wildman–Crippen MR) is 194 cm³/mol. The quantitative estimate of drug-likeness (QED) is 0.0242.